The molecule has 2 aromatic carbocycles. The first-order chi connectivity index (χ1) is 21.4. The van der Waals surface area contributed by atoms with E-state index in [1.165, 1.54) is 34.8 Å². The fourth-order valence-corrected chi connectivity index (χ4v) is 6.34. The second kappa shape index (κ2) is 13.6. The minimum Gasteiger partial charge on any atom is -0.443 e. The lowest BCUT2D eigenvalue weighted by molar-refractivity contribution is 0.0428. The summed E-state index contributed by atoms with van der Waals surface area (Å²) in [4.78, 5) is 45.1. The Bertz CT molecular complexity index is 1840. The molecule has 0 unspecified atom stereocenters. The second-order valence-corrected chi connectivity index (χ2v) is 15.4. The average Bonchev–Trinajstić information content (AvgIpc) is 3.36. The molecule has 13 heteroatoms. The molecule has 0 bridgehead atoms. The lowest BCUT2D eigenvalue weighted by Gasteiger charge is -2.28. The van der Waals surface area contributed by atoms with Crippen molar-refractivity contribution >= 4 is 39.8 Å². The van der Waals surface area contributed by atoms with Gasteiger partial charge in [0.2, 0.25) is 0 Å². The number of aromatic nitrogens is 3. The first kappa shape index (κ1) is 34.5. The van der Waals surface area contributed by atoms with E-state index in [4.69, 9.17) is 9.47 Å². The normalized spacial score (nSPS) is 12.1. The van der Waals surface area contributed by atoms with Gasteiger partial charge in [0, 0.05) is 29.2 Å². The Kier molecular flexibility index (Phi) is 10.2. The molecule has 0 aliphatic carbocycles. The summed E-state index contributed by atoms with van der Waals surface area (Å²) < 4.78 is 40.3. The van der Waals surface area contributed by atoms with Crippen LogP contribution in [-0.4, -0.2) is 45.3 Å². The molecule has 244 valence electrons. The molecular weight excluding hydrogens is 629 g/mol. The van der Waals surface area contributed by atoms with Crippen LogP contribution < -0.4 is 10.6 Å². The number of carbonyl (C=O) groups is 2. The highest BCUT2D eigenvalue weighted by Gasteiger charge is 2.34. The molecule has 2 heterocycles. The molecule has 0 spiro atoms. The molecule has 0 N–H and O–H groups in total. The van der Waals surface area contributed by atoms with Crippen LogP contribution in [0.4, 0.5) is 15.4 Å². The maximum Gasteiger partial charge on any atom is 0.425 e. The smallest absolute Gasteiger partial charge is 0.425 e. The largest absolute Gasteiger partial charge is 0.443 e. The molecule has 0 aliphatic rings. The third kappa shape index (κ3) is 8.88. The van der Waals surface area contributed by atoms with Gasteiger partial charge >= 0.3 is 17.9 Å². The standard InChI is InChI=1S/C33H38N4O7S2/c1-23-13-15-27(16-14-23)46(41,42)36-20-24(25(21-36)22-45-26-11-9-8-10-12-26)19-35-18-17-28(34-29(35)38)37(30(39)43-32(2,3)4)31(40)44-33(5,6)7/h8-18,20-21H,19,22H2,1-7H3. The van der Waals surface area contributed by atoms with Crippen molar-refractivity contribution in [2.45, 2.75) is 81.8 Å². The Labute approximate surface area is 273 Å². The van der Waals surface area contributed by atoms with Crippen molar-refractivity contribution in [2.24, 2.45) is 0 Å². The Morgan fingerprint density at radius 2 is 1.41 bits per heavy atom. The van der Waals surface area contributed by atoms with Crippen LogP contribution in [0.2, 0.25) is 0 Å². The van der Waals surface area contributed by atoms with Gasteiger partial charge in [0.05, 0.1) is 11.4 Å². The van der Waals surface area contributed by atoms with Crippen LogP contribution in [-0.2, 0) is 31.8 Å². The fourth-order valence-electron chi connectivity index (χ4n) is 4.16. The van der Waals surface area contributed by atoms with Crippen molar-refractivity contribution < 1.29 is 27.5 Å². The highest BCUT2D eigenvalue weighted by atomic mass is 32.2. The van der Waals surface area contributed by atoms with Gasteiger partial charge in [-0.1, -0.05) is 35.9 Å². The van der Waals surface area contributed by atoms with E-state index in [9.17, 15) is 22.8 Å². The molecule has 2 amide bonds. The molecular formula is C33H38N4O7S2. The van der Waals surface area contributed by atoms with Gasteiger partial charge in [-0.05, 0) is 89.9 Å². The number of hydrogen-bond acceptors (Lipinski definition) is 9. The summed E-state index contributed by atoms with van der Waals surface area (Å²) in [6.45, 7) is 11.7. The van der Waals surface area contributed by atoms with Gasteiger partial charge in [-0.2, -0.15) is 9.88 Å². The van der Waals surface area contributed by atoms with Crippen LogP contribution in [0.25, 0.3) is 0 Å². The van der Waals surface area contributed by atoms with Crippen molar-refractivity contribution in [1.82, 2.24) is 13.5 Å². The minimum absolute atomic E-state index is 0.0217. The number of nitrogens with zero attached hydrogens (tertiary/aromatic N) is 4. The molecule has 46 heavy (non-hydrogen) atoms. The lowest BCUT2D eigenvalue weighted by Crippen LogP contribution is -2.45. The highest BCUT2D eigenvalue weighted by Crippen LogP contribution is 2.27. The number of imide groups is 1. The molecule has 0 fully saturated rings. The molecule has 4 aromatic rings. The van der Waals surface area contributed by atoms with E-state index in [2.05, 4.69) is 4.98 Å². The molecule has 0 saturated heterocycles. The summed E-state index contributed by atoms with van der Waals surface area (Å²) in [5, 5.41) is 0. The van der Waals surface area contributed by atoms with Crippen LogP contribution in [0, 0.1) is 6.92 Å². The monoisotopic (exact) mass is 666 g/mol. The zero-order chi connectivity index (χ0) is 33.9. The van der Waals surface area contributed by atoms with Crippen LogP contribution in [0.5, 0.6) is 0 Å². The Morgan fingerprint density at radius 1 is 0.848 bits per heavy atom. The van der Waals surface area contributed by atoms with Crippen molar-refractivity contribution in [1.29, 1.82) is 0 Å². The molecule has 0 aliphatic heterocycles. The lowest BCUT2D eigenvalue weighted by atomic mass is 10.2. The molecule has 0 radical (unpaired) electrons. The second-order valence-electron chi connectivity index (χ2n) is 12.6. The van der Waals surface area contributed by atoms with Crippen molar-refractivity contribution in [3.8, 4) is 0 Å². The molecule has 4 rings (SSSR count). The van der Waals surface area contributed by atoms with Crippen molar-refractivity contribution in [3.05, 3.63) is 106 Å². The molecule has 0 atom stereocenters. The zero-order valence-electron chi connectivity index (χ0n) is 26.9. The number of amides is 2. The average molecular weight is 667 g/mol. The molecule has 0 saturated carbocycles. The topological polar surface area (TPSA) is 130 Å². The number of carbonyl (C=O) groups excluding carboxylic acids is 2. The van der Waals surface area contributed by atoms with Gasteiger partial charge in [0.25, 0.3) is 10.0 Å². The summed E-state index contributed by atoms with van der Waals surface area (Å²) in [5.74, 6) is 0.158. The fraction of sp³-hybridized carbons (Fsp3) is 0.333. The van der Waals surface area contributed by atoms with Gasteiger partial charge in [-0.25, -0.2) is 26.8 Å². The van der Waals surface area contributed by atoms with Gasteiger partial charge in [0.1, 0.15) is 11.2 Å². The zero-order valence-corrected chi connectivity index (χ0v) is 28.5. The van der Waals surface area contributed by atoms with E-state index < -0.39 is 39.1 Å². The Hall–Kier alpha value is -4.36. The molecule has 11 nitrogen and oxygen atoms in total. The predicted molar refractivity (Wildman–Crippen MR) is 177 cm³/mol. The van der Waals surface area contributed by atoms with Crippen LogP contribution in [0.3, 0.4) is 0 Å². The third-order valence-corrected chi connectivity index (χ3v) is 8.99. The number of hydrogen-bond donors (Lipinski definition) is 0. The summed E-state index contributed by atoms with van der Waals surface area (Å²) in [7, 11) is -3.91. The van der Waals surface area contributed by atoms with E-state index in [0.717, 1.165) is 14.4 Å². The Balaban J connectivity index is 1.70. The van der Waals surface area contributed by atoms with Crippen molar-refractivity contribution in [3.63, 3.8) is 0 Å². The number of benzene rings is 2. The van der Waals surface area contributed by atoms with Gasteiger partial charge in [-0.3, -0.25) is 4.57 Å². The van der Waals surface area contributed by atoms with Crippen LogP contribution >= 0.6 is 11.8 Å². The number of thioether (sulfide) groups is 1. The summed E-state index contributed by atoms with van der Waals surface area (Å²) in [5.41, 5.74) is -0.444. The SMILES string of the molecule is Cc1ccc(S(=O)(=O)n2cc(CSc3ccccc3)c(Cn3ccc(N(C(=O)OC(C)(C)C)C(=O)OC(C)(C)C)nc3=O)c2)cc1. The van der Waals surface area contributed by atoms with Crippen LogP contribution in [0.15, 0.2) is 93.8 Å². The maximum absolute atomic E-state index is 13.5. The third-order valence-electron chi connectivity index (χ3n) is 6.29. The first-order valence-electron chi connectivity index (χ1n) is 14.5. The highest BCUT2D eigenvalue weighted by molar-refractivity contribution is 7.98. The van der Waals surface area contributed by atoms with Gasteiger partial charge in [0.15, 0.2) is 5.82 Å². The Morgan fingerprint density at radius 3 is 1.96 bits per heavy atom. The molecule has 2 aromatic heterocycles. The van der Waals surface area contributed by atoms with E-state index in [1.54, 1.807) is 72.0 Å². The minimum atomic E-state index is -3.91. The quantitative estimate of drug-likeness (QED) is 0.191. The number of ether oxygens (including phenoxy) is 2. The van der Waals surface area contributed by atoms with Gasteiger partial charge in [-0.15, -0.1) is 11.8 Å². The van der Waals surface area contributed by atoms with E-state index in [1.807, 2.05) is 37.3 Å². The van der Waals surface area contributed by atoms with Crippen molar-refractivity contribution in [2.75, 3.05) is 4.90 Å². The first-order valence-corrected chi connectivity index (χ1v) is 16.9. The van der Waals surface area contributed by atoms with E-state index in [-0.39, 0.29) is 17.3 Å². The number of anilines is 1. The number of rotatable bonds is 8. The summed E-state index contributed by atoms with van der Waals surface area (Å²) >= 11 is 1.53. The predicted octanol–water partition coefficient (Wildman–Crippen LogP) is 6.61. The maximum atomic E-state index is 13.5. The van der Waals surface area contributed by atoms with E-state index in [0.29, 0.717) is 21.8 Å². The van der Waals surface area contributed by atoms with E-state index >= 15 is 0 Å². The summed E-state index contributed by atoms with van der Waals surface area (Å²) in [6, 6.07) is 17.6. The van der Waals surface area contributed by atoms with Crippen LogP contribution in [0.1, 0.15) is 58.2 Å². The summed E-state index contributed by atoms with van der Waals surface area (Å²) in [6.07, 6.45) is 2.33. The van der Waals surface area contributed by atoms with Gasteiger partial charge < -0.3 is 9.47 Å². The number of aryl methyl sites for hydroxylation is 1.